The molecule has 5 N–H and O–H groups in total. The average molecular weight is 350 g/mol. The summed E-state index contributed by atoms with van der Waals surface area (Å²) in [7, 11) is 0. The van der Waals surface area contributed by atoms with E-state index in [0.29, 0.717) is 0 Å². The van der Waals surface area contributed by atoms with Crippen molar-refractivity contribution in [1.29, 1.82) is 0 Å². The van der Waals surface area contributed by atoms with Crippen LogP contribution in [-0.4, -0.2) is 39.6 Å². The van der Waals surface area contributed by atoms with E-state index in [2.05, 4.69) is 0 Å². The van der Waals surface area contributed by atoms with Gasteiger partial charge in [-0.05, 0) is 0 Å². The number of carbonyl (C=O) groups is 3. The summed E-state index contributed by atoms with van der Waals surface area (Å²) in [5.74, 6) is -5.98. The van der Waals surface area contributed by atoms with Gasteiger partial charge in [0.15, 0.2) is 0 Å². The molecule has 0 atom stereocenters. The second-order valence-electron chi connectivity index (χ2n) is 2.42. The molecule has 0 saturated carbocycles. The summed E-state index contributed by atoms with van der Waals surface area (Å²) in [4.78, 5) is 30.0. The monoisotopic (exact) mass is 350 g/mol. The number of carbonyl (C=O) groups excluding carboxylic acids is 3. The molecule has 0 amide bonds. The summed E-state index contributed by atoms with van der Waals surface area (Å²) in [6, 6.07) is 0. The second kappa shape index (κ2) is 19.8. The smallest absolute Gasteiger partial charge is 0.550 e. The van der Waals surface area contributed by atoms with Crippen LogP contribution in [0.4, 0.5) is 0 Å². The molecule has 0 bridgehead atoms. The van der Waals surface area contributed by atoms with Crippen molar-refractivity contribution >= 4 is 17.9 Å². The molecule has 19 heavy (non-hydrogen) atoms. The topological polar surface area (TPSA) is 204 Å². The van der Waals surface area contributed by atoms with Gasteiger partial charge in [0, 0.05) is 41.8 Å². The Balaban J connectivity index is -0.0000000480. The van der Waals surface area contributed by atoms with Crippen LogP contribution in [0.15, 0.2) is 0 Å². The molecule has 0 aromatic rings. The fourth-order valence-corrected chi connectivity index (χ4v) is 0.684. The van der Waals surface area contributed by atoms with Crippen molar-refractivity contribution in [2.24, 2.45) is 0 Å². The molecule has 0 spiro atoms. The maximum atomic E-state index is 10.1. The van der Waals surface area contributed by atoms with Crippen molar-refractivity contribution in [1.82, 2.24) is 0 Å². The average Bonchev–Trinajstić information content (AvgIpc) is 1.82. The van der Waals surface area contributed by atoms with E-state index in [1.807, 2.05) is 0 Å². The fourth-order valence-electron chi connectivity index (χ4n) is 0.684. The van der Waals surface area contributed by atoms with Crippen LogP contribution in [0, 0.1) is 0 Å². The normalized spacial score (nSPS) is 7.42. The summed E-state index contributed by atoms with van der Waals surface area (Å²) in [6.07, 6.45) is -2.72. The zero-order chi connectivity index (χ0) is 10.6. The first-order valence-electron chi connectivity index (χ1n) is 3.11. The molecule has 0 heterocycles. The molecule has 0 radical (unpaired) electrons. The van der Waals surface area contributed by atoms with Crippen LogP contribution in [0.25, 0.3) is 0 Å². The van der Waals surface area contributed by atoms with Crippen LogP contribution >= 0.6 is 0 Å². The molecule has 0 rings (SSSR count). The van der Waals surface area contributed by atoms with Crippen LogP contribution in [0.5, 0.6) is 0 Å². The predicted octanol–water partition coefficient (Wildman–Crippen LogP) is -15.9. The Hall–Kier alpha value is 1.81. The predicted molar refractivity (Wildman–Crippen MR) is 36.4 cm³/mol. The number of hydrogen-bond acceptors (Lipinski definition) is 7. The van der Waals surface area contributed by atoms with E-state index in [-0.39, 0.29) is 117 Å². The van der Waals surface area contributed by atoms with Gasteiger partial charge in [0.25, 0.3) is 0 Å². The summed E-state index contributed by atoms with van der Waals surface area (Å²) < 4.78 is 0. The summed E-state index contributed by atoms with van der Waals surface area (Å²) in [6.45, 7) is 0. The standard InChI is InChI=1S/C6H8O7.Fe.3Na.2H2O/c7-3(8)1-6(13,5(11)12)2-4(9)10;;;;;;/h13H,1-2H2,(H,7,8)(H,9,10)(H,11,12);;;;;2*1H2/q;;3*+1;;/p-3. The number of rotatable bonds is 5. The first-order chi connectivity index (χ1) is 5.78. The van der Waals surface area contributed by atoms with Crippen molar-refractivity contribution in [3.63, 3.8) is 0 Å². The largest absolute Gasteiger partial charge is 1.00 e. The van der Waals surface area contributed by atoms with Crippen LogP contribution in [0.1, 0.15) is 12.8 Å². The number of aliphatic carboxylic acids is 3. The third kappa shape index (κ3) is 19.8. The van der Waals surface area contributed by atoms with Gasteiger partial charge < -0.3 is 45.8 Å². The first-order valence-corrected chi connectivity index (χ1v) is 3.11. The molecular weight excluding hydrogens is 341 g/mol. The third-order valence-electron chi connectivity index (χ3n) is 1.25. The molecule has 98 valence electrons. The van der Waals surface area contributed by atoms with Crippen molar-refractivity contribution in [3.8, 4) is 0 Å². The maximum absolute atomic E-state index is 10.1. The molecular formula is C6H9FeNa3O9. The van der Waals surface area contributed by atoms with Crippen molar-refractivity contribution in [3.05, 3.63) is 0 Å². The van der Waals surface area contributed by atoms with Gasteiger partial charge in [-0.3, -0.25) is 0 Å². The Morgan fingerprint density at radius 1 is 0.842 bits per heavy atom. The van der Waals surface area contributed by atoms with E-state index >= 15 is 0 Å². The van der Waals surface area contributed by atoms with Gasteiger partial charge in [0.2, 0.25) is 0 Å². The van der Waals surface area contributed by atoms with E-state index in [4.69, 9.17) is 5.11 Å². The molecule has 0 aliphatic heterocycles. The van der Waals surface area contributed by atoms with Crippen LogP contribution in [0.2, 0.25) is 0 Å². The third-order valence-corrected chi connectivity index (χ3v) is 1.25. The maximum Gasteiger partial charge on any atom is 1.00 e. The quantitative estimate of drug-likeness (QED) is 0.473. The zero-order valence-electron chi connectivity index (χ0n) is 10.7. The van der Waals surface area contributed by atoms with Gasteiger partial charge in [-0.2, -0.15) is 0 Å². The van der Waals surface area contributed by atoms with Crippen molar-refractivity contribution in [2.75, 3.05) is 0 Å². The SMILES string of the molecule is O.O.O=C([O-])CC(O)(CC(=O)[O-])C(=O)[O-].[Fe].[Na+].[Na+].[Na+]. The van der Waals surface area contributed by atoms with Crippen LogP contribution in [0.3, 0.4) is 0 Å². The number of carboxylic acids is 3. The molecule has 0 saturated heterocycles. The van der Waals surface area contributed by atoms with Gasteiger partial charge >= 0.3 is 88.7 Å². The van der Waals surface area contributed by atoms with Crippen molar-refractivity contribution in [2.45, 2.75) is 18.4 Å². The first kappa shape index (κ1) is 42.8. The van der Waals surface area contributed by atoms with E-state index < -0.39 is 36.4 Å². The number of aliphatic hydroxyl groups is 1. The molecule has 0 unspecified atom stereocenters. The Bertz CT molecular complexity index is 246. The number of hydrogen-bond donors (Lipinski definition) is 1. The van der Waals surface area contributed by atoms with Gasteiger partial charge in [-0.1, -0.05) is 0 Å². The number of carboxylic acid groups (broad SMARTS) is 3. The summed E-state index contributed by atoms with van der Waals surface area (Å²) in [5, 5.41) is 38.9. The van der Waals surface area contributed by atoms with Gasteiger partial charge in [-0.15, -0.1) is 0 Å². The molecule has 13 heteroatoms. The van der Waals surface area contributed by atoms with Gasteiger partial charge in [0.1, 0.15) is 5.60 Å². The Kier molecular flexibility index (Phi) is 44.6. The second-order valence-corrected chi connectivity index (χ2v) is 2.42. The van der Waals surface area contributed by atoms with E-state index in [0.717, 1.165) is 0 Å². The summed E-state index contributed by atoms with van der Waals surface area (Å²) >= 11 is 0. The van der Waals surface area contributed by atoms with E-state index in [9.17, 15) is 29.7 Å². The van der Waals surface area contributed by atoms with E-state index in [1.54, 1.807) is 0 Å². The Labute approximate surface area is 185 Å². The minimum atomic E-state index is -2.97. The molecule has 9 nitrogen and oxygen atoms in total. The Morgan fingerprint density at radius 3 is 1.16 bits per heavy atom. The fraction of sp³-hybridized carbons (Fsp3) is 0.500. The van der Waals surface area contributed by atoms with Crippen LogP contribution < -0.4 is 104 Å². The Morgan fingerprint density at radius 2 is 1.05 bits per heavy atom. The molecule has 0 aromatic heterocycles. The van der Waals surface area contributed by atoms with Crippen LogP contribution in [-0.2, 0) is 31.5 Å². The molecule has 0 fully saturated rings. The zero-order valence-corrected chi connectivity index (χ0v) is 17.8. The van der Waals surface area contributed by atoms with E-state index in [1.165, 1.54) is 0 Å². The molecule has 0 aromatic carbocycles. The van der Waals surface area contributed by atoms with Crippen molar-refractivity contribution < 1.29 is 152 Å². The summed E-state index contributed by atoms with van der Waals surface area (Å²) in [5.41, 5.74) is -2.97. The van der Waals surface area contributed by atoms with Gasteiger partial charge in [0.05, 0.1) is 5.97 Å². The molecule has 0 aliphatic rings. The minimum Gasteiger partial charge on any atom is -0.550 e. The molecule has 0 aliphatic carbocycles. The van der Waals surface area contributed by atoms with Gasteiger partial charge in [-0.25, -0.2) is 0 Å². The minimum absolute atomic E-state index is 0.